The first-order chi connectivity index (χ1) is 12.0. The van der Waals surface area contributed by atoms with Crippen LogP contribution in [0, 0.1) is 11.8 Å². The molecule has 25 heavy (non-hydrogen) atoms. The van der Waals surface area contributed by atoms with Crippen molar-refractivity contribution in [2.75, 3.05) is 6.61 Å². The van der Waals surface area contributed by atoms with Gasteiger partial charge in [-0.1, -0.05) is 45.4 Å². The zero-order chi connectivity index (χ0) is 18.5. The maximum Gasteiger partial charge on any atom is 0.163 e. The monoisotopic (exact) mass is 354 g/mol. The van der Waals surface area contributed by atoms with Gasteiger partial charge in [0.05, 0.1) is 12.7 Å². The van der Waals surface area contributed by atoms with Crippen LogP contribution in [0.5, 0.6) is 0 Å². The zero-order valence-corrected chi connectivity index (χ0v) is 16.4. The van der Waals surface area contributed by atoms with Crippen LogP contribution in [0.3, 0.4) is 0 Å². The predicted molar refractivity (Wildman–Crippen MR) is 101 cm³/mol. The van der Waals surface area contributed by atoms with Crippen LogP contribution in [0.2, 0.25) is 0 Å². The van der Waals surface area contributed by atoms with Crippen LogP contribution in [-0.2, 0) is 9.47 Å². The van der Waals surface area contributed by atoms with E-state index in [1.165, 1.54) is 32.1 Å². The number of hydrogen-bond acceptors (Lipinski definition) is 4. The molecular weight excluding hydrogens is 316 g/mol. The third-order valence-corrected chi connectivity index (χ3v) is 4.61. The van der Waals surface area contributed by atoms with Crippen LogP contribution < -0.4 is 0 Å². The number of hydrogen-bond donors (Lipinski definition) is 2. The Morgan fingerprint density at radius 1 is 0.920 bits per heavy atom. The summed E-state index contributed by atoms with van der Waals surface area (Å²) in [5.74, 6) is 5.87. The summed E-state index contributed by atoms with van der Waals surface area (Å²) in [6, 6.07) is 0. The van der Waals surface area contributed by atoms with Crippen molar-refractivity contribution in [2.45, 2.75) is 115 Å². The molecule has 146 valence electrons. The highest BCUT2D eigenvalue weighted by atomic mass is 16.8. The summed E-state index contributed by atoms with van der Waals surface area (Å²) >= 11 is 0. The Morgan fingerprint density at radius 2 is 1.52 bits per heavy atom. The van der Waals surface area contributed by atoms with Gasteiger partial charge in [0.15, 0.2) is 5.79 Å². The molecule has 0 aromatic rings. The largest absolute Gasteiger partial charge is 0.394 e. The molecule has 1 aliphatic rings. The molecule has 2 N–H and O–H groups in total. The van der Waals surface area contributed by atoms with Gasteiger partial charge in [-0.2, -0.15) is 0 Å². The number of aliphatic hydroxyl groups is 2. The fourth-order valence-electron chi connectivity index (χ4n) is 3.25. The van der Waals surface area contributed by atoms with Gasteiger partial charge >= 0.3 is 0 Å². The van der Waals surface area contributed by atoms with Gasteiger partial charge < -0.3 is 19.7 Å². The van der Waals surface area contributed by atoms with Crippen LogP contribution >= 0.6 is 0 Å². The number of aliphatic hydroxyl groups excluding tert-OH is 2. The first kappa shape index (κ1) is 22.4. The quantitative estimate of drug-likeness (QED) is 0.408. The third-order valence-electron chi connectivity index (χ3n) is 4.61. The van der Waals surface area contributed by atoms with Crippen LogP contribution in [-0.4, -0.2) is 40.9 Å². The van der Waals surface area contributed by atoms with E-state index < -0.39 is 18.0 Å². The van der Waals surface area contributed by atoms with E-state index in [1.807, 2.05) is 13.8 Å². The minimum absolute atomic E-state index is 0.139. The van der Waals surface area contributed by atoms with E-state index >= 15 is 0 Å². The van der Waals surface area contributed by atoms with Gasteiger partial charge in [0.25, 0.3) is 0 Å². The van der Waals surface area contributed by atoms with E-state index in [4.69, 9.17) is 14.6 Å². The Kier molecular flexibility index (Phi) is 11.4. The maximum absolute atomic E-state index is 9.88. The zero-order valence-electron chi connectivity index (χ0n) is 16.4. The lowest BCUT2D eigenvalue weighted by Crippen LogP contribution is -2.37. The average molecular weight is 355 g/mol. The first-order valence-electron chi connectivity index (χ1n) is 10.1. The summed E-state index contributed by atoms with van der Waals surface area (Å²) < 4.78 is 11.6. The Balaban J connectivity index is 2.08. The molecule has 1 saturated heterocycles. The third kappa shape index (κ3) is 9.61. The van der Waals surface area contributed by atoms with Crippen LogP contribution in [0.25, 0.3) is 0 Å². The topological polar surface area (TPSA) is 58.9 Å². The maximum atomic E-state index is 9.88. The van der Waals surface area contributed by atoms with E-state index in [0.717, 1.165) is 38.5 Å². The van der Waals surface area contributed by atoms with Gasteiger partial charge in [0.2, 0.25) is 0 Å². The van der Waals surface area contributed by atoms with Crippen molar-refractivity contribution in [1.82, 2.24) is 0 Å². The van der Waals surface area contributed by atoms with E-state index in [2.05, 4.69) is 18.8 Å². The number of unbranched alkanes of at least 4 members (excludes halogenated alkanes) is 8. The molecule has 0 aromatic carbocycles. The van der Waals surface area contributed by atoms with Crippen molar-refractivity contribution in [2.24, 2.45) is 0 Å². The molecule has 1 fully saturated rings. The molecule has 0 spiro atoms. The smallest absolute Gasteiger partial charge is 0.163 e. The fraction of sp³-hybridized carbons (Fsp3) is 0.905. The van der Waals surface area contributed by atoms with Crippen molar-refractivity contribution < 1.29 is 19.7 Å². The van der Waals surface area contributed by atoms with Crippen LogP contribution in [0.4, 0.5) is 0 Å². The lowest BCUT2D eigenvalue weighted by molar-refractivity contribution is -0.157. The molecule has 0 unspecified atom stereocenters. The molecule has 4 nitrogen and oxygen atoms in total. The summed E-state index contributed by atoms with van der Waals surface area (Å²) in [4.78, 5) is 0. The predicted octanol–water partition coefficient (Wildman–Crippen LogP) is 4.17. The summed E-state index contributed by atoms with van der Waals surface area (Å²) in [5, 5.41) is 19.0. The lowest BCUT2D eigenvalue weighted by Gasteiger charge is -2.20. The number of ether oxygens (including phenoxy) is 2. The standard InChI is InChI=1S/C21H38O4/c1-4-5-6-7-8-9-10-11-12-13-14-15-16-19-20(18(23)17-22)25-21(2,3)24-19/h18-20,22-23H,4-8,11-17H2,1-3H3/t18-,19+,20-/m0/s1. The minimum atomic E-state index is -0.876. The van der Waals surface area contributed by atoms with Crippen molar-refractivity contribution in [3.63, 3.8) is 0 Å². The molecule has 0 amide bonds. The normalized spacial score (nSPS) is 23.2. The second-order valence-electron chi connectivity index (χ2n) is 7.51. The van der Waals surface area contributed by atoms with Crippen molar-refractivity contribution in [3.05, 3.63) is 0 Å². The molecule has 1 heterocycles. The molecular formula is C21H38O4. The van der Waals surface area contributed by atoms with Crippen molar-refractivity contribution >= 4 is 0 Å². The highest BCUT2D eigenvalue weighted by Crippen LogP contribution is 2.32. The summed E-state index contributed by atoms with van der Waals surface area (Å²) in [6.07, 6.45) is 11.1. The van der Waals surface area contributed by atoms with Gasteiger partial charge in [-0.15, -0.1) is 11.8 Å². The first-order valence-corrected chi connectivity index (χ1v) is 10.1. The van der Waals surface area contributed by atoms with Gasteiger partial charge in [0.1, 0.15) is 12.2 Å². The SMILES string of the molecule is CCCCCCC#CCCCCCC[C@H]1OC(C)(C)O[C@H]1[C@@H](O)CO. The Hall–Kier alpha value is -0.600. The lowest BCUT2D eigenvalue weighted by atomic mass is 10.0. The summed E-state index contributed by atoms with van der Waals surface area (Å²) in [5.41, 5.74) is 0. The minimum Gasteiger partial charge on any atom is -0.394 e. The molecule has 0 saturated carbocycles. The summed E-state index contributed by atoms with van der Waals surface area (Å²) in [6.45, 7) is 5.64. The second-order valence-corrected chi connectivity index (χ2v) is 7.51. The van der Waals surface area contributed by atoms with E-state index in [-0.39, 0.29) is 12.7 Å². The van der Waals surface area contributed by atoms with E-state index in [9.17, 15) is 5.11 Å². The molecule has 0 radical (unpaired) electrons. The molecule has 0 aliphatic carbocycles. The molecule has 3 atom stereocenters. The number of rotatable bonds is 12. The average Bonchev–Trinajstić information content (AvgIpc) is 2.90. The van der Waals surface area contributed by atoms with E-state index in [1.54, 1.807) is 0 Å². The van der Waals surface area contributed by atoms with Crippen LogP contribution in [0.1, 0.15) is 91.4 Å². The van der Waals surface area contributed by atoms with Gasteiger partial charge in [0, 0.05) is 12.8 Å². The highest BCUT2D eigenvalue weighted by Gasteiger charge is 2.43. The second kappa shape index (κ2) is 12.7. The Labute approximate surface area is 154 Å². The summed E-state index contributed by atoms with van der Waals surface area (Å²) in [7, 11) is 0. The molecule has 0 bridgehead atoms. The molecule has 0 aromatic heterocycles. The molecule has 1 aliphatic heterocycles. The van der Waals surface area contributed by atoms with Crippen molar-refractivity contribution in [3.8, 4) is 11.8 Å². The van der Waals surface area contributed by atoms with E-state index in [0.29, 0.717) is 0 Å². The Bertz CT molecular complexity index is 396. The van der Waals surface area contributed by atoms with Crippen LogP contribution in [0.15, 0.2) is 0 Å². The molecule has 1 rings (SSSR count). The van der Waals surface area contributed by atoms with Gasteiger partial charge in [-0.3, -0.25) is 0 Å². The molecule has 4 heteroatoms. The highest BCUT2D eigenvalue weighted by molar-refractivity contribution is 4.98. The fourth-order valence-corrected chi connectivity index (χ4v) is 3.25. The Morgan fingerprint density at radius 3 is 2.12 bits per heavy atom. The van der Waals surface area contributed by atoms with Gasteiger partial charge in [-0.05, 0) is 33.1 Å². The van der Waals surface area contributed by atoms with Crippen molar-refractivity contribution in [1.29, 1.82) is 0 Å². The van der Waals surface area contributed by atoms with Gasteiger partial charge in [-0.25, -0.2) is 0 Å².